The fourth-order valence-corrected chi connectivity index (χ4v) is 2.09. The Balaban J connectivity index is 2.18. The van der Waals surface area contributed by atoms with Crippen molar-refractivity contribution in [3.8, 4) is 0 Å². The molecule has 1 heterocycles. The Kier molecular flexibility index (Phi) is 4.35. The van der Waals surface area contributed by atoms with Crippen LogP contribution in [-0.2, 0) is 0 Å². The number of aliphatic hydroxyl groups is 1. The van der Waals surface area contributed by atoms with Crippen molar-refractivity contribution in [3.05, 3.63) is 0 Å². The van der Waals surface area contributed by atoms with Crippen LogP contribution >= 0.6 is 0 Å². The summed E-state index contributed by atoms with van der Waals surface area (Å²) in [6.07, 6.45) is 0.918. The van der Waals surface area contributed by atoms with Crippen LogP contribution in [0.4, 0.5) is 0 Å². The average molecular weight is 200 g/mol. The maximum atomic E-state index is 9.80. The lowest BCUT2D eigenvalue weighted by molar-refractivity contribution is 0.0670. The molecule has 1 aliphatic heterocycles. The first-order valence-corrected chi connectivity index (χ1v) is 5.69. The average Bonchev–Trinajstić information content (AvgIpc) is 2.42. The second-order valence-electron chi connectivity index (χ2n) is 4.89. The second kappa shape index (κ2) is 5.10. The molecule has 0 bridgehead atoms. The lowest BCUT2D eigenvalue weighted by Crippen LogP contribution is -2.35. The standard InChI is InChI=1S/C11H24N2O/c1-4-12-7-10(2)8-13-6-5-11(3,14)9-13/h10,12,14H,4-9H2,1-3H3. The third kappa shape index (κ3) is 3.95. The Morgan fingerprint density at radius 3 is 2.79 bits per heavy atom. The largest absolute Gasteiger partial charge is 0.389 e. The second-order valence-corrected chi connectivity index (χ2v) is 4.89. The van der Waals surface area contributed by atoms with Gasteiger partial charge in [-0.1, -0.05) is 13.8 Å². The van der Waals surface area contributed by atoms with Crippen molar-refractivity contribution >= 4 is 0 Å². The molecule has 3 heteroatoms. The Morgan fingerprint density at radius 1 is 1.57 bits per heavy atom. The maximum absolute atomic E-state index is 9.80. The maximum Gasteiger partial charge on any atom is 0.0758 e. The Hall–Kier alpha value is -0.120. The fraction of sp³-hybridized carbons (Fsp3) is 1.00. The zero-order valence-corrected chi connectivity index (χ0v) is 9.71. The molecule has 0 spiro atoms. The highest BCUT2D eigenvalue weighted by atomic mass is 16.3. The number of hydrogen-bond acceptors (Lipinski definition) is 3. The van der Waals surface area contributed by atoms with Crippen LogP contribution in [0.3, 0.4) is 0 Å². The summed E-state index contributed by atoms with van der Waals surface area (Å²) < 4.78 is 0. The van der Waals surface area contributed by atoms with E-state index in [9.17, 15) is 5.11 Å². The van der Waals surface area contributed by atoms with Crippen LogP contribution in [-0.4, -0.2) is 48.3 Å². The molecule has 2 N–H and O–H groups in total. The van der Waals surface area contributed by atoms with E-state index in [0.717, 1.165) is 39.1 Å². The molecule has 1 saturated heterocycles. The molecular weight excluding hydrogens is 176 g/mol. The van der Waals surface area contributed by atoms with E-state index >= 15 is 0 Å². The van der Waals surface area contributed by atoms with Crippen LogP contribution in [0.15, 0.2) is 0 Å². The van der Waals surface area contributed by atoms with Gasteiger partial charge in [-0.15, -0.1) is 0 Å². The highest BCUT2D eigenvalue weighted by Gasteiger charge is 2.31. The van der Waals surface area contributed by atoms with Gasteiger partial charge in [0, 0.05) is 19.6 Å². The van der Waals surface area contributed by atoms with Crippen LogP contribution in [0.5, 0.6) is 0 Å². The number of likely N-dealkylation sites (tertiary alicyclic amines) is 1. The van der Waals surface area contributed by atoms with E-state index in [1.807, 2.05) is 6.92 Å². The summed E-state index contributed by atoms with van der Waals surface area (Å²) in [5.74, 6) is 0.670. The van der Waals surface area contributed by atoms with Gasteiger partial charge < -0.3 is 15.3 Å². The van der Waals surface area contributed by atoms with Gasteiger partial charge in [0.15, 0.2) is 0 Å². The van der Waals surface area contributed by atoms with Crippen molar-refractivity contribution in [2.45, 2.75) is 32.8 Å². The van der Waals surface area contributed by atoms with Gasteiger partial charge in [0.05, 0.1) is 5.60 Å². The van der Waals surface area contributed by atoms with E-state index in [0.29, 0.717) is 5.92 Å². The Labute approximate surface area is 87.5 Å². The minimum absolute atomic E-state index is 0.447. The van der Waals surface area contributed by atoms with E-state index in [-0.39, 0.29) is 0 Å². The molecule has 0 amide bonds. The molecule has 0 aromatic heterocycles. The lowest BCUT2D eigenvalue weighted by Gasteiger charge is -2.22. The first-order chi connectivity index (χ1) is 6.53. The molecule has 84 valence electrons. The van der Waals surface area contributed by atoms with Crippen LogP contribution in [0.25, 0.3) is 0 Å². The monoisotopic (exact) mass is 200 g/mol. The van der Waals surface area contributed by atoms with Crippen LogP contribution < -0.4 is 5.32 Å². The zero-order chi connectivity index (χ0) is 10.6. The molecule has 2 atom stereocenters. The summed E-state index contributed by atoms with van der Waals surface area (Å²) in [6.45, 7) is 11.4. The molecule has 3 nitrogen and oxygen atoms in total. The smallest absolute Gasteiger partial charge is 0.0758 e. The van der Waals surface area contributed by atoms with Crippen molar-refractivity contribution in [2.24, 2.45) is 5.92 Å². The molecule has 1 fully saturated rings. The van der Waals surface area contributed by atoms with Crippen molar-refractivity contribution in [3.63, 3.8) is 0 Å². The Morgan fingerprint density at radius 2 is 2.29 bits per heavy atom. The number of nitrogens with zero attached hydrogens (tertiary/aromatic N) is 1. The molecule has 0 saturated carbocycles. The van der Waals surface area contributed by atoms with Gasteiger partial charge in [-0.25, -0.2) is 0 Å². The van der Waals surface area contributed by atoms with Gasteiger partial charge in [-0.05, 0) is 32.4 Å². The van der Waals surface area contributed by atoms with E-state index in [2.05, 4.69) is 24.1 Å². The first kappa shape index (κ1) is 12.0. The molecule has 0 radical (unpaired) electrons. The molecular formula is C11H24N2O. The number of β-amino-alcohol motifs (C(OH)–C–C–N with tert-alkyl or cyclic N) is 1. The molecule has 0 aliphatic carbocycles. The summed E-state index contributed by atoms with van der Waals surface area (Å²) in [5, 5.41) is 13.2. The van der Waals surface area contributed by atoms with Gasteiger partial charge in [0.2, 0.25) is 0 Å². The lowest BCUT2D eigenvalue weighted by atomic mass is 10.1. The molecule has 1 aliphatic rings. The summed E-state index contributed by atoms with van der Waals surface area (Å²) in [7, 11) is 0. The quantitative estimate of drug-likeness (QED) is 0.685. The Bertz CT molecular complexity index is 171. The molecule has 0 aromatic carbocycles. The molecule has 1 rings (SSSR count). The summed E-state index contributed by atoms with van der Waals surface area (Å²) >= 11 is 0. The van der Waals surface area contributed by atoms with E-state index in [1.54, 1.807) is 0 Å². The van der Waals surface area contributed by atoms with E-state index in [1.165, 1.54) is 0 Å². The normalized spacial score (nSPS) is 30.9. The van der Waals surface area contributed by atoms with E-state index < -0.39 is 5.60 Å². The highest BCUT2D eigenvalue weighted by molar-refractivity contribution is 4.86. The van der Waals surface area contributed by atoms with Gasteiger partial charge >= 0.3 is 0 Å². The number of rotatable bonds is 5. The van der Waals surface area contributed by atoms with E-state index in [4.69, 9.17) is 0 Å². The first-order valence-electron chi connectivity index (χ1n) is 5.69. The third-order valence-electron chi connectivity index (χ3n) is 2.84. The molecule has 2 unspecified atom stereocenters. The minimum atomic E-state index is -0.447. The van der Waals surface area contributed by atoms with Crippen LogP contribution in [0.1, 0.15) is 27.2 Å². The van der Waals surface area contributed by atoms with Gasteiger partial charge in [0.25, 0.3) is 0 Å². The zero-order valence-electron chi connectivity index (χ0n) is 9.71. The summed E-state index contributed by atoms with van der Waals surface area (Å²) in [6, 6.07) is 0. The molecule has 14 heavy (non-hydrogen) atoms. The summed E-state index contributed by atoms with van der Waals surface area (Å²) in [5.41, 5.74) is -0.447. The minimum Gasteiger partial charge on any atom is -0.389 e. The topological polar surface area (TPSA) is 35.5 Å². The number of hydrogen-bond donors (Lipinski definition) is 2. The van der Waals surface area contributed by atoms with Gasteiger partial charge in [-0.2, -0.15) is 0 Å². The SMILES string of the molecule is CCNCC(C)CN1CCC(C)(O)C1. The van der Waals surface area contributed by atoms with Gasteiger partial charge in [-0.3, -0.25) is 0 Å². The molecule has 0 aromatic rings. The predicted octanol–water partition coefficient (Wildman–Crippen LogP) is 0.689. The van der Waals surface area contributed by atoms with Crippen molar-refractivity contribution in [1.82, 2.24) is 10.2 Å². The number of nitrogens with one attached hydrogen (secondary N) is 1. The summed E-state index contributed by atoms with van der Waals surface area (Å²) in [4.78, 5) is 2.36. The van der Waals surface area contributed by atoms with Crippen LogP contribution in [0.2, 0.25) is 0 Å². The van der Waals surface area contributed by atoms with Crippen LogP contribution in [0, 0.1) is 5.92 Å². The predicted molar refractivity (Wildman–Crippen MR) is 59.4 cm³/mol. The van der Waals surface area contributed by atoms with Crippen molar-refractivity contribution < 1.29 is 5.11 Å². The third-order valence-corrected chi connectivity index (χ3v) is 2.84. The highest BCUT2D eigenvalue weighted by Crippen LogP contribution is 2.20. The van der Waals surface area contributed by atoms with Gasteiger partial charge in [0.1, 0.15) is 0 Å². The fourth-order valence-electron chi connectivity index (χ4n) is 2.09. The van der Waals surface area contributed by atoms with Crippen molar-refractivity contribution in [2.75, 3.05) is 32.7 Å². The van der Waals surface area contributed by atoms with Crippen molar-refractivity contribution in [1.29, 1.82) is 0 Å².